The Bertz CT molecular complexity index is 765. The van der Waals surface area contributed by atoms with E-state index in [0.717, 1.165) is 0 Å². The van der Waals surface area contributed by atoms with Crippen LogP contribution in [-0.2, 0) is 11.2 Å². The van der Waals surface area contributed by atoms with Gasteiger partial charge in [0.2, 0.25) is 5.91 Å². The number of nitrogens with one attached hydrogen (secondary N) is 2. The van der Waals surface area contributed by atoms with Gasteiger partial charge in [-0.05, 0) is 45.0 Å². The third-order valence-electron chi connectivity index (χ3n) is 2.99. The highest BCUT2D eigenvalue weighted by atomic mass is 35.5. The van der Waals surface area contributed by atoms with Crippen molar-refractivity contribution < 1.29 is 14.7 Å². The van der Waals surface area contributed by atoms with Crippen molar-refractivity contribution in [2.24, 2.45) is 0 Å². The van der Waals surface area contributed by atoms with Crippen LogP contribution in [0, 0.1) is 0 Å². The van der Waals surface area contributed by atoms with E-state index in [1.165, 1.54) is 17.4 Å². The zero-order chi connectivity index (χ0) is 17.9. The number of carbonyl (C=O) groups is 2. The molecule has 7 heteroatoms. The molecule has 0 spiro atoms. The average molecular weight is 367 g/mol. The lowest BCUT2D eigenvalue weighted by molar-refractivity contribution is -0.115. The molecule has 0 saturated heterocycles. The minimum atomic E-state index is -0.325. The molecule has 0 fully saturated rings. The van der Waals surface area contributed by atoms with Crippen LogP contribution in [0.2, 0.25) is 5.02 Å². The molecule has 0 aliphatic rings. The van der Waals surface area contributed by atoms with Gasteiger partial charge in [-0.3, -0.25) is 9.59 Å². The molecule has 0 saturated carbocycles. The van der Waals surface area contributed by atoms with Crippen LogP contribution >= 0.6 is 22.9 Å². The van der Waals surface area contributed by atoms with Gasteiger partial charge in [0, 0.05) is 21.5 Å². The molecule has 3 N–H and O–H groups in total. The summed E-state index contributed by atoms with van der Waals surface area (Å²) in [5.74, 6) is -0.459. The minimum Gasteiger partial charge on any atom is -0.508 e. The molecule has 1 aromatic heterocycles. The van der Waals surface area contributed by atoms with Crippen molar-refractivity contribution in [2.45, 2.75) is 32.7 Å². The highest BCUT2D eigenvalue weighted by molar-refractivity contribution is 7.12. The summed E-state index contributed by atoms with van der Waals surface area (Å²) in [4.78, 5) is 24.7. The lowest BCUT2D eigenvalue weighted by atomic mass is 10.1. The normalized spacial score (nSPS) is 11.2. The van der Waals surface area contributed by atoms with Crippen LogP contribution in [-0.4, -0.2) is 22.5 Å². The third kappa shape index (κ3) is 5.25. The average Bonchev–Trinajstić information content (AvgIpc) is 2.89. The van der Waals surface area contributed by atoms with Gasteiger partial charge in [0.1, 0.15) is 5.75 Å². The third-order valence-corrected chi connectivity index (χ3v) is 4.15. The molecule has 1 aromatic carbocycles. The molecule has 0 unspecified atom stereocenters. The summed E-state index contributed by atoms with van der Waals surface area (Å²) in [5, 5.41) is 17.5. The monoisotopic (exact) mass is 366 g/mol. The van der Waals surface area contributed by atoms with Crippen molar-refractivity contribution in [3.05, 3.63) is 45.1 Å². The second-order valence-electron chi connectivity index (χ2n) is 6.40. The summed E-state index contributed by atoms with van der Waals surface area (Å²) in [6.45, 7) is 5.70. The van der Waals surface area contributed by atoms with Crippen molar-refractivity contribution in [2.75, 3.05) is 5.32 Å². The Kier molecular flexibility index (Phi) is 5.51. The molecule has 0 radical (unpaired) electrons. The maximum atomic E-state index is 12.1. The summed E-state index contributed by atoms with van der Waals surface area (Å²) in [7, 11) is 0. The van der Waals surface area contributed by atoms with Crippen LogP contribution in [0.1, 0.15) is 36.0 Å². The molecule has 2 rings (SSSR count). The van der Waals surface area contributed by atoms with Crippen molar-refractivity contribution in [3.63, 3.8) is 0 Å². The first-order valence-corrected chi connectivity index (χ1v) is 8.58. The lowest BCUT2D eigenvalue weighted by Gasteiger charge is -2.19. The number of halogens is 1. The molecule has 0 bridgehead atoms. The summed E-state index contributed by atoms with van der Waals surface area (Å²) in [6.07, 6.45) is -0.00817. The SMILES string of the molecule is CC(C)(C)NC(=O)c1cc(NC(=O)Cc2cc(Cl)ccc2O)cs1. The summed E-state index contributed by atoms with van der Waals surface area (Å²) < 4.78 is 0. The molecule has 2 aromatic rings. The maximum Gasteiger partial charge on any atom is 0.261 e. The van der Waals surface area contributed by atoms with E-state index in [2.05, 4.69) is 10.6 Å². The van der Waals surface area contributed by atoms with Crippen LogP contribution in [0.3, 0.4) is 0 Å². The number of anilines is 1. The fourth-order valence-corrected chi connectivity index (χ4v) is 2.93. The number of aromatic hydroxyl groups is 1. The van der Waals surface area contributed by atoms with Gasteiger partial charge in [0.05, 0.1) is 17.0 Å². The Morgan fingerprint density at radius 3 is 2.62 bits per heavy atom. The van der Waals surface area contributed by atoms with Crippen molar-refractivity contribution in [1.29, 1.82) is 0 Å². The van der Waals surface area contributed by atoms with E-state index in [1.807, 2.05) is 20.8 Å². The molecule has 0 aliphatic carbocycles. The quantitative estimate of drug-likeness (QED) is 0.769. The zero-order valence-electron chi connectivity index (χ0n) is 13.6. The Balaban J connectivity index is 2.00. The largest absolute Gasteiger partial charge is 0.508 e. The number of rotatable bonds is 4. The standard InChI is InChI=1S/C17H19ClN2O3S/c1-17(2,3)20-16(23)14-8-12(9-24-14)19-15(22)7-10-6-11(18)4-5-13(10)21/h4-6,8-9,21H,7H2,1-3H3,(H,19,22)(H,20,23). The molecular weight excluding hydrogens is 348 g/mol. The lowest BCUT2D eigenvalue weighted by Crippen LogP contribution is -2.40. The maximum absolute atomic E-state index is 12.1. The first-order valence-electron chi connectivity index (χ1n) is 7.32. The van der Waals surface area contributed by atoms with Crippen LogP contribution in [0.25, 0.3) is 0 Å². The molecule has 2 amide bonds. The first-order chi connectivity index (χ1) is 11.1. The fraction of sp³-hybridized carbons (Fsp3) is 0.294. The van der Waals surface area contributed by atoms with Gasteiger partial charge in [-0.15, -0.1) is 11.3 Å². The highest BCUT2D eigenvalue weighted by Crippen LogP contribution is 2.23. The van der Waals surface area contributed by atoms with E-state index < -0.39 is 0 Å². The topological polar surface area (TPSA) is 78.4 Å². The van der Waals surface area contributed by atoms with E-state index in [0.29, 0.717) is 21.2 Å². The molecule has 0 aliphatic heterocycles. The number of hydrogen-bond acceptors (Lipinski definition) is 4. The van der Waals surface area contributed by atoms with E-state index >= 15 is 0 Å². The number of thiophene rings is 1. The number of benzene rings is 1. The zero-order valence-corrected chi connectivity index (χ0v) is 15.2. The molecule has 1 heterocycles. The van der Waals surface area contributed by atoms with E-state index in [4.69, 9.17) is 11.6 Å². The Labute approximate surface area is 149 Å². The number of carbonyl (C=O) groups excluding carboxylic acids is 2. The second-order valence-corrected chi connectivity index (χ2v) is 7.75. The van der Waals surface area contributed by atoms with Gasteiger partial charge in [0.15, 0.2) is 0 Å². The van der Waals surface area contributed by atoms with Gasteiger partial charge in [-0.1, -0.05) is 11.6 Å². The summed E-state index contributed by atoms with van der Waals surface area (Å²) in [6, 6.07) is 6.18. The van der Waals surface area contributed by atoms with Gasteiger partial charge < -0.3 is 15.7 Å². The minimum absolute atomic E-state index is 0.00817. The Morgan fingerprint density at radius 2 is 1.96 bits per heavy atom. The van der Waals surface area contributed by atoms with Gasteiger partial charge in [0.25, 0.3) is 5.91 Å². The predicted octanol–water partition coefficient (Wildman–Crippen LogP) is 3.82. The van der Waals surface area contributed by atoms with E-state index in [9.17, 15) is 14.7 Å². The smallest absolute Gasteiger partial charge is 0.261 e. The first kappa shape index (κ1) is 18.3. The second kappa shape index (κ2) is 7.23. The molecule has 0 atom stereocenters. The Morgan fingerprint density at radius 1 is 1.25 bits per heavy atom. The fourth-order valence-electron chi connectivity index (χ4n) is 2.00. The van der Waals surface area contributed by atoms with E-state index in [-0.39, 0.29) is 29.5 Å². The number of hydrogen-bond donors (Lipinski definition) is 3. The molecule has 128 valence electrons. The van der Waals surface area contributed by atoms with Crippen molar-refractivity contribution in [1.82, 2.24) is 5.32 Å². The molecule has 24 heavy (non-hydrogen) atoms. The van der Waals surface area contributed by atoms with E-state index in [1.54, 1.807) is 23.6 Å². The number of amides is 2. The van der Waals surface area contributed by atoms with Crippen molar-refractivity contribution in [3.8, 4) is 5.75 Å². The number of phenols is 1. The van der Waals surface area contributed by atoms with Crippen LogP contribution in [0.15, 0.2) is 29.6 Å². The van der Waals surface area contributed by atoms with Crippen LogP contribution in [0.5, 0.6) is 5.75 Å². The highest BCUT2D eigenvalue weighted by Gasteiger charge is 2.17. The molecule has 5 nitrogen and oxygen atoms in total. The predicted molar refractivity (Wildman–Crippen MR) is 97.0 cm³/mol. The van der Waals surface area contributed by atoms with Gasteiger partial charge in [-0.2, -0.15) is 0 Å². The van der Waals surface area contributed by atoms with Crippen molar-refractivity contribution >= 4 is 40.4 Å². The summed E-state index contributed by atoms with van der Waals surface area (Å²) >= 11 is 7.12. The Hall–Kier alpha value is -2.05. The summed E-state index contributed by atoms with van der Waals surface area (Å²) in [5.41, 5.74) is 0.667. The van der Waals surface area contributed by atoms with Crippen LogP contribution in [0.4, 0.5) is 5.69 Å². The molecular formula is C17H19ClN2O3S. The van der Waals surface area contributed by atoms with Gasteiger partial charge in [-0.25, -0.2) is 0 Å². The number of phenolic OH excluding ortho intramolecular Hbond substituents is 1. The van der Waals surface area contributed by atoms with Gasteiger partial charge >= 0.3 is 0 Å². The van der Waals surface area contributed by atoms with Crippen LogP contribution < -0.4 is 10.6 Å².